The summed E-state index contributed by atoms with van der Waals surface area (Å²) < 4.78 is 0. The second-order valence-corrected chi connectivity index (χ2v) is 9.35. The Morgan fingerprint density at radius 3 is 0.864 bits per heavy atom. The fraction of sp³-hybridized carbons (Fsp3) is 1.00. The molecular formula is C16H34N2S4. The molecule has 4 atom stereocenters. The Morgan fingerprint density at radius 1 is 0.409 bits per heavy atom. The lowest BCUT2D eigenvalue weighted by Gasteiger charge is -2.18. The zero-order valence-corrected chi connectivity index (χ0v) is 17.2. The number of thiol groups is 4. The van der Waals surface area contributed by atoms with Crippen LogP contribution in [0.3, 0.4) is 0 Å². The van der Waals surface area contributed by atoms with Gasteiger partial charge in [-0.2, -0.15) is 50.5 Å². The zero-order valence-electron chi connectivity index (χ0n) is 13.6. The predicted molar refractivity (Wildman–Crippen MR) is 114 cm³/mol. The fourth-order valence-electron chi connectivity index (χ4n) is 2.67. The third-order valence-electron chi connectivity index (χ3n) is 4.28. The van der Waals surface area contributed by atoms with E-state index in [0.29, 0.717) is 21.0 Å². The second-order valence-electron chi connectivity index (χ2n) is 6.42. The summed E-state index contributed by atoms with van der Waals surface area (Å²) in [6.45, 7) is 4.23. The Morgan fingerprint density at radius 2 is 0.636 bits per heavy atom. The molecule has 1 aliphatic heterocycles. The van der Waals surface area contributed by atoms with Crippen LogP contribution in [0.5, 0.6) is 0 Å². The molecule has 6 heteroatoms. The molecule has 22 heavy (non-hydrogen) atoms. The van der Waals surface area contributed by atoms with Gasteiger partial charge in [-0.15, -0.1) is 0 Å². The molecule has 1 heterocycles. The van der Waals surface area contributed by atoms with Crippen molar-refractivity contribution < 1.29 is 0 Å². The van der Waals surface area contributed by atoms with Crippen LogP contribution in [-0.4, -0.2) is 47.2 Å². The number of nitrogens with one attached hydrogen (secondary N) is 2. The van der Waals surface area contributed by atoms with Crippen molar-refractivity contribution in [3.63, 3.8) is 0 Å². The van der Waals surface area contributed by atoms with E-state index < -0.39 is 0 Å². The van der Waals surface area contributed by atoms with Crippen LogP contribution in [-0.2, 0) is 0 Å². The monoisotopic (exact) mass is 382 g/mol. The van der Waals surface area contributed by atoms with Crippen LogP contribution < -0.4 is 10.6 Å². The molecular weight excluding hydrogens is 348 g/mol. The molecule has 0 aromatic carbocycles. The molecule has 2 N–H and O–H groups in total. The number of hydrogen-bond acceptors (Lipinski definition) is 6. The van der Waals surface area contributed by atoms with Crippen LogP contribution in [0.25, 0.3) is 0 Å². The first-order valence-corrected chi connectivity index (χ1v) is 10.8. The van der Waals surface area contributed by atoms with E-state index >= 15 is 0 Å². The third-order valence-corrected chi connectivity index (χ3v) is 6.35. The minimum atomic E-state index is 0.491. The fourth-order valence-corrected chi connectivity index (χ4v) is 3.78. The number of rotatable bonds is 0. The molecule has 1 saturated heterocycles. The molecule has 4 unspecified atom stereocenters. The van der Waals surface area contributed by atoms with Gasteiger partial charge in [0.25, 0.3) is 0 Å². The molecule has 0 amide bonds. The van der Waals surface area contributed by atoms with E-state index in [1.165, 1.54) is 0 Å². The van der Waals surface area contributed by atoms with Gasteiger partial charge >= 0.3 is 0 Å². The Bertz CT molecular complexity index is 219. The van der Waals surface area contributed by atoms with E-state index in [4.69, 9.17) is 50.5 Å². The van der Waals surface area contributed by atoms with Crippen molar-refractivity contribution in [2.24, 2.45) is 0 Å². The van der Waals surface area contributed by atoms with Gasteiger partial charge in [0.1, 0.15) is 0 Å². The van der Waals surface area contributed by atoms with Crippen LogP contribution in [0.1, 0.15) is 51.4 Å². The van der Waals surface area contributed by atoms with Gasteiger partial charge in [-0.05, 0) is 77.5 Å². The molecule has 0 spiro atoms. The largest absolute Gasteiger partial charge is 0.317 e. The molecule has 2 nitrogen and oxygen atoms in total. The SMILES string of the molecule is SC1CCNCCC(S)CCC(S)CCNCCC(S)CC1. The molecule has 0 radical (unpaired) electrons. The van der Waals surface area contributed by atoms with Crippen molar-refractivity contribution in [3.05, 3.63) is 0 Å². The first-order valence-electron chi connectivity index (χ1n) is 8.71. The molecule has 0 bridgehead atoms. The number of hydrogen-bond donors (Lipinski definition) is 6. The molecule has 0 aliphatic carbocycles. The molecule has 1 fully saturated rings. The van der Waals surface area contributed by atoms with Crippen molar-refractivity contribution in [2.45, 2.75) is 72.4 Å². The Kier molecular flexibility index (Phi) is 13.2. The third kappa shape index (κ3) is 11.8. The van der Waals surface area contributed by atoms with Crippen LogP contribution in [0.4, 0.5) is 0 Å². The molecule has 132 valence electrons. The quantitative estimate of drug-likeness (QED) is 0.361. The maximum Gasteiger partial charge on any atom is 0.00292 e. The van der Waals surface area contributed by atoms with E-state index in [-0.39, 0.29) is 0 Å². The van der Waals surface area contributed by atoms with Gasteiger partial charge < -0.3 is 10.6 Å². The lowest BCUT2D eigenvalue weighted by atomic mass is 10.1. The first-order chi connectivity index (χ1) is 10.6. The van der Waals surface area contributed by atoms with E-state index in [2.05, 4.69) is 10.6 Å². The maximum absolute atomic E-state index is 4.70. The summed E-state index contributed by atoms with van der Waals surface area (Å²) in [5, 5.41) is 9.02. The Labute approximate surface area is 159 Å². The smallest absolute Gasteiger partial charge is 0.00292 e. The zero-order chi connectivity index (χ0) is 16.2. The van der Waals surface area contributed by atoms with Gasteiger partial charge in [-0.3, -0.25) is 0 Å². The first kappa shape index (κ1) is 21.4. The van der Waals surface area contributed by atoms with Crippen LogP contribution in [0.15, 0.2) is 0 Å². The second kappa shape index (κ2) is 13.6. The molecule has 1 aliphatic rings. The highest BCUT2D eigenvalue weighted by atomic mass is 32.1. The highest BCUT2D eigenvalue weighted by Gasteiger charge is 2.10. The molecule has 0 aromatic heterocycles. The van der Waals surface area contributed by atoms with Crippen molar-refractivity contribution >= 4 is 50.5 Å². The maximum atomic E-state index is 4.70. The Hall–Kier alpha value is 1.32. The van der Waals surface area contributed by atoms with Gasteiger partial charge in [0.15, 0.2) is 0 Å². The summed E-state index contributed by atoms with van der Waals surface area (Å²) in [5.41, 5.74) is 0. The van der Waals surface area contributed by atoms with Gasteiger partial charge in [0.2, 0.25) is 0 Å². The summed E-state index contributed by atoms with van der Waals surface area (Å²) in [5.74, 6) is 0. The average molecular weight is 383 g/mol. The minimum absolute atomic E-state index is 0.491. The lowest BCUT2D eigenvalue weighted by molar-refractivity contribution is 0.533. The van der Waals surface area contributed by atoms with E-state index in [9.17, 15) is 0 Å². The van der Waals surface area contributed by atoms with Crippen LogP contribution in [0, 0.1) is 0 Å². The Balaban J connectivity index is 2.31. The standard InChI is InChI=1S/C16H34N2S4/c19-13-1-2-14(20)6-10-18-12-8-16(22)4-3-15(21)7-11-17-9-5-13/h13-22H,1-12H2. The van der Waals surface area contributed by atoms with Crippen molar-refractivity contribution in [1.82, 2.24) is 10.6 Å². The predicted octanol–water partition coefficient (Wildman–Crippen LogP) is 3.49. The van der Waals surface area contributed by atoms with Gasteiger partial charge in [0.05, 0.1) is 0 Å². The van der Waals surface area contributed by atoms with Crippen LogP contribution in [0.2, 0.25) is 0 Å². The molecule has 0 saturated carbocycles. The topological polar surface area (TPSA) is 24.1 Å². The van der Waals surface area contributed by atoms with E-state index in [0.717, 1.165) is 77.5 Å². The summed E-state index contributed by atoms with van der Waals surface area (Å²) in [4.78, 5) is 0. The molecule has 1 rings (SSSR count). The molecule has 0 aromatic rings. The normalized spacial score (nSPS) is 35.5. The van der Waals surface area contributed by atoms with Crippen molar-refractivity contribution in [1.29, 1.82) is 0 Å². The van der Waals surface area contributed by atoms with Crippen molar-refractivity contribution in [2.75, 3.05) is 26.2 Å². The van der Waals surface area contributed by atoms with Gasteiger partial charge in [-0.25, -0.2) is 0 Å². The lowest BCUT2D eigenvalue weighted by Crippen LogP contribution is -2.24. The van der Waals surface area contributed by atoms with E-state index in [1.54, 1.807) is 0 Å². The van der Waals surface area contributed by atoms with Gasteiger partial charge in [-0.1, -0.05) is 0 Å². The average Bonchev–Trinajstić information content (AvgIpc) is 2.49. The van der Waals surface area contributed by atoms with Crippen LogP contribution >= 0.6 is 50.5 Å². The summed E-state index contributed by atoms with van der Waals surface area (Å²) >= 11 is 18.8. The summed E-state index contributed by atoms with van der Waals surface area (Å²) in [7, 11) is 0. The van der Waals surface area contributed by atoms with Gasteiger partial charge in [0, 0.05) is 21.0 Å². The highest BCUT2D eigenvalue weighted by molar-refractivity contribution is 7.81. The summed E-state index contributed by atoms with van der Waals surface area (Å²) in [6, 6.07) is 0. The highest BCUT2D eigenvalue weighted by Crippen LogP contribution is 2.17. The summed E-state index contributed by atoms with van der Waals surface area (Å²) in [6.07, 6.45) is 9.19. The van der Waals surface area contributed by atoms with E-state index in [1.807, 2.05) is 0 Å². The minimum Gasteiger partial charge on any atom is -0.317 e. The van der Waals surface area contributed by atoms with Crippen molar-refractivity contribution in [3.8, 4) is 0 Å².